The highest BCUT2D eigenvalue weighted by atomic mass is 35.5. The molecule has 0 aliphatic rings. The number of anilines is 1. The summed E-state index contributed by atoms with van der Waals surface area (Å²) in [6, 6.07) is 12.5. The molecule has 3 aromatic rings. The number of nitrogens with zero attached hydrogens (tertiary/aromatic N) is 2. The molecule has 0 radical (unpaired) electrons. The molecule has 0 amide bonds. The summed E-state index contributed by atoms with van der Waals surface area (Å²) in [6.45, 7) is 0. The van der Waals surface area contributed by atoms with Crippen molar-refractivity contribution >= 4 is 39.0 Å². The van der Waals surface area contributed by atoms with Gasteiger partial charge in [0.1, 0.15) is 12.1 Å². The van der Waals surface area contributed by atoms with Crippen molar-refractivity contribution in [1.29, 1.82) is 0 Å². The molecule has 0 saturated heterocycles. The van der Waals surface area contributed by atoms with E-state index in [0.29, 0.717) is 5.88 Å². The van der Waals surface area contributed by atoms with Gasteiger partial charge in [0, 0.05) is 11.9 Å². The van der Waals surface area contributed by atoms with E-state index >= 15 is 0 Å². The van der Waals surface area contributed by atoms with E-state index in [4.69, 9.17) is 11.6 Å². The predicted octanol–water partition coefficient (Wildman–Crippen LogP) is 3.95. The topological polar surface area (TPSA) is 37.8 Å². The number of alkyl halides is 1. The van der Waals surface area contributed by atoms with Crippen molar-refractivity contribution in [3.8, 4) is 0 Å². The first kappa shape index (κ1) is 13.3. The number of halogens is 1. The molecule has 2 heterocycles. The van der Waals surface area contributed by atoms with Crippen LogP contribution in [0.4, 0.5) is 5.82 Å². The van der Waals surface area contributed by atoms with Gasteiger partial charge in [-0.2, -0.15) is 0 Å². The summed E-state index contributed by atoms with van der Waals surface area (Å²) in [7, 11) is 0. The van der Waals surface area contributed by atoms with Crippen LogP contribution in [0.25, 0.3) is 10.2 Å². The van der Waals surface area contributed by atoms with Crippen LogP contribution in [0, 0.1) is 0 Å². The molecule has 3 nitrogen and oxygen atoms in total. The van der Waals surface area contributed by atoms with Crippen LogP contribution in [0.1, 0.15) is 5.56 Å². The lowest BCUT2D eigenvalue weighted by atomic mass is 10.1. The van der Waals surface area contributed by atoms with Gasteiger partial charge >= 0.3 is 0 Å². The molecule has 20 heavy (non-hydrogen) atoms. The lowest BCUT2D eigenvalue weighted by molar-refractivity contribution is 0.792. The van der Waals surface area contributed by atoms with Crippen LogP contribution in [0.2, 0.25) is 0 Å². The molecular formula is C15H14ClN3S. The number of rotatable bonds is 5. The normalized spacial score (nSPS) is 12.4. The Kier molecular flexibility index (Phi) is 4.14. The van der Waals surface area contributed by atoms with Crippen molar-refractivity contribution in [3.63, 3.8) is 0 Å². The van der Waals surface area contributed by atoms with Crippen molar-refractivity contribution in [3.05, 3.63) is 53.7 Å². The van der Waals surface area contributed by atoms with Gasteiger partial charge in [-0.1, -0.05) is 30.3 Å². The van der Waals surface area contributed by atoms with Gasteiger partial charge < -0.3 is 5.32 Å². The minimum atomic E-state index is 0.152. The highest BCUT2D eigenvalue weighted by Gasteiger charge is 2.12. The van der Waals surface area contributed by atoms with Crippen LogP contribution in [0.3, 0.4) is 0 Å². The van der Waals surface area contributed by atoms with Crippen LogP contribution in [0.15, 0.2) is 48.1 Å². The molecule has 1 aromatic carbocycles. The van der Waals surface area contributed by atoms with E-state index < -0.39 is 0 Å². The van der Waals surface area contributed by atoms with Crippen LogP contribution in [0.5, 0.6) is 0 Å². The Morgan fingerprint density at radius 3 is 2.80 bits per heavy atom. The van der Waals surface area contributed by atoms with Gasteiger partial charge in [0.2, 0.25) is 0 Å². The lowest BCUT2D eigenvalue weighted by Gasteiger charge is -2.17. The molecule has 0 spiro atoms. The third-order valence-corrected chi connectivity index (χ3v) is 4.38. The molecule has 1 atom stereocenters. The summed E-state index contributed by atoms with van der Waals surface area (Å²) in [6.07, 6.45) is 2.46. The molecule has 0 fully saturated rings. The summed E-state index contributed by atoms with van der Waals surface area (Å²) < 4.78 is 1.08. The molecule has 2 aromatic heterocycles. The largest absolute Gasteiger partial charge is 0.365 e. The van der Waals surface area contributed by atoms with Crippen molar-refractivity contribution in [2.45, 2.75) is 12.5 Å². The molecule has 0 aliphatic heterocycles. The number of aromatic nitrogens is 2. The molecule has 1 N–H and O–H groups in total. The number of thiophene rings is 1. The monoisotopic (exact) mass is 303 g/mol. The fourth-order valence-electron chi connectivity index (χ4n) is 2.13. The Labute approximate surface area is 126 Å². The number of hydrogen-bond acceptors (Lipinski definition) is 4. The number of fused-ring (bicyclic) bond motifs is 1. The zero-order valence-electron chi connectivity index (χ0n) is 10.8. The summed E-state index contributed by atoms with van der Waals surface area (Å²) in [5.41, 5.74) is 2.24. The van der Waals surface area contributed by atoms with Gasteiger partial charge in [0.05, 0.1) is 10.2 Å². The zero-order valence-corrected chi connectivity index (χ0v) is 12.4. The minimum absolute atomic E-state index is 0.152. The molecule has 5 heteroatoms. The fourth-order valence-corrected chi connectivity index (χ4v) is 3.11. The first-order valence-corrected chi connectivity index (χ1v) is 7.83. The fraction of sp³-hybridized carbons (Fsp3) is 0.200. The minimum Gasteiger partial charge on any atom is -0.365 e. The highest BCUT2D eigenvalue weighted by Crippen LogP contribution is 2.25. The van der Waals surface area contributed by atoms with Crippen molar-refractivity contribution in [2.24, 2.45) is 0 Å². The van der Waals surface area contributed by atoms with E-state index in [9.17, 15) is 0 Å². The van der Waals surface area contributed by atoms with E-state index in [-0.39, 0.29) is 6.04 Å². The van der Waals surface area contributed by atoms with Gasteiger partial charge in [-0.05, 0) is 23.4 Å². The Balaban J connectivity index is 1.79. The first-order valence-electron chi connectivity index (χ1n) is 6.41. The maximum Gasteiger partial charge on any atom is 0.147 e. The van der Waals surface area contributed by atoms with E-state index in [0.717, 1.165) is 22.5 Å². The van der Waals surface area contributed by atoms with Gasteiger partial charge in [-0.3, -0.25) is 0 Å². The van der Waals surface area contributed by atoms with E-state index in [1.54, 1.807) is 17.7 Å². The third kappa shape index (κ3) is 2.92. The summed E-state index contributed by atoms with van der Waals surface area (Å²) in [5.74, 6) is 1.40. The smallest absolute Gasteiger partial charge is 0.147 e. The molecule has 0 aliphatic carbocycles. The van der Waals surface area contributed by atoms with Crippen molar-refractivity contribution in [2.75, 3.05) is 11.2 Å². The van der Waals surface area contributed by atoms with Gasteiger partial charge in [0.15, 0.2) is 0 Å². The summed E-state index contributed by atoms with van der Waals surface area (Å²) in [5, 5.41) is 5.46. The molecule has 0 saturated carbocycles. The quantitative estimate of drug-likeness (QED) is 0.725. The number of hydrogen-bond donors (Lipinski definition) is 1. The Morgan fingerprint density at radius 2 is 2.00 bits per heavy atom. The van der Waals surface area contributed by atoms with Gasteiger partial charge in [0.25, 0.3) is 0 Å². The standard InChI is InChI=1S/C15H14ClN3S/c16-9-12(8-11-4-2-1-3-5-11)19-15-14-13(6-7-20-14)17-10-18-15/h1-7,10,12H,8-9H2,(H,17,18,19). The van der Waals surface area contributed by atoms with Crippen LogP contribution < -0.4 is 5.32 Å². The van der Waals surface area contributed by atoms with Crippen molar-refractivity contribution in [1.82, 2.24) is 9.97 Å². The van der Waals surface area contributed by atoms with Gasteiger partial charge in [-0.15, -0.1) is 22.9 Å². The zero-order chi connectivity index (χ0) is 13.8. The maximum absolute atomic E-state index is 6.09. The summed E-state index contributed by atoms with van der Waals surface area (Å²) >= 11 is 7.73. The molecular weight excluding hydrogens is 290 g/mol. The third-order valence-electron chi connectivity index (χ3n) is 3.10. The van der Waals surface area contributed by atoms with Crippen molar-refractivity contribution < 1.29 is 0 Å². The van der Waals surface area contributed by atoms with E-state index in [1.807, 2.05) is 29.6 Å². The Hall–Kier alpha value is -1.65. The van der Waals surface area contributed by atoms with E-state index in [1.165, 1.54) is 5.56 Å². The molecule has 1 unspecified atom stereocenters. The number of benzene rings is 1. The molecule has 0 bridgehead atoms. The van der Waals surface area contributed by atoms with Crippen LogP contribution >= 0.6 is 22.9 Å². The highest BCUT2D eigenvalue weighted by molar-refractivity contribution is 7.17. The molecule has 102 valence electrons. The second-order valence-electron chi connectivity index (χ2n) is 4.54. The summed E-state index contributed by atoms with van der Waals surface area (Å²) in [4.78, 5) is 8.58. The first-order chi connectivity index (χ1) is 9.86. The second kappa shape index (κ2) is 6.20. The average Bonchev–Trinajstić information content (AvgIpc) is 2.97. The molecule has 3 rings (SSSR count). The van der Waals surface area contributed by atoms with Gasteiger partial charge in [-0.25, -0.2) is 9.97 Å². The van der Waals surface area contributed by atoms with Crippen LogP contribution in [-0.4, -0.2) is 21.9 Å². The SMILES string of the molecule is ClCC(Cc1ccccc1)Nc1ncnc2ccsc12. The number of nitrogens with one attached hydrogen (secondary N) is 1. The predicted molar refractivity (Wildman–Crippen MR) is 85.7 cm³/mol. The van der Waals surface area contributed by atoms with Crippen LogP contribution in [-0.2, 0) is 6.42 Å². The second-order valence-corrected chi connectivity index (χ2v) is 5.77. The maximum atomic E-state index is 6.09. The van der Waals surface area contributed by atoms with E-state index in [2.05, 4.69) is 27.4 Å². The Morgan fingerprint density at radius 1 is 1.15 bits per heavy atom. The lowest BCUT2D eigenvalue weighted by Crippen LogP contribution is -2.24. The Bertz CT molecular complexity index is 684. The average molecular weight is 304 g/mol.